The van der Waals surface area contributed by atoms with Gasteiger partial charge in [0, 0.05) is 0 Å². The third kappa shape index (κ3) is 5.10. The van der Waals surface area contributed by atoms with Gasteiger partial charge in [-0.05, 0) is 36.4 Å². The van der Waals surface area contributed by atoms with Gasteiger partial charge < -0.3 is 9.47 Å². The van der Waals surface area contributed by atoms with E-state index in [0.29, 0.717) is 11.5 Å². The number of hydrogen-bond acceptors (Lipinski definition) is 5. The zero-order valence-corrected chi connectivity index (χ0v) is 14.6. The Morgan fingerprint density at radius 2 is 0.846 bits per heavy atom. The fraction of sp³-hybridized carbons (Fsp3) is 0. The van der Waals surface area contributed by atoms with Crippen LogP contribution >= 0.6 is 9.12 Å². The van der Waals surface area contributed by atoms with Crippen LogP contribution in [-0.4, -0.2) is 11.9 Å². The second kappa shape index (κ2) is 9.87. The highest BCUT2D eigenvalue weighted by Crippen LogP contribution is 2.17. The van der Waals surface area contributed by atoms with Crippen molar-refractivity contribution in [2.75, 3.05) is 0 Å². The molecule has 0 bridgehead atoms. The fourth-order valence-electron chi connectivity index (χ4n) is 2.14. The molecule has 130 valence electrons. The van der Waals surface area contributed by atoms with E-state index >= 15 is 0 Å². The average Bonchev–Trinajstić information content (AvgIpc) is 2.71. The van der Waals surface area contributed by atoms with Crippen LogP contribution < -0.4 is 9.47 Å². The summed E-state index contributed by atoms with van der Waals surface area (Å²) in [5, 5.41) is 0. The van der Waals surface area contributed by atoms with Crippen LogP contribution in [0.2, 0.25) is 0 Å². The van der Waals surface area contributed by atoms with E-state index in [0.717, 1.165) is 0 Å². The van der Waals surface area contributed by atoms with Crippen molar-refractivity contribution in [1.82, 2.24) is 0 Å². The monoisotopic (exact) mass is 366 g/mol. The van der Waals surface area contributed by atoms with Gasteiger partial charge >= 0.3 is 11.9 Å². The van der Waals surface area contributed by atoms with Crippen LogP contribution in [0.5, 0.6) is 11.5 Å². The lowest BCUT2D eigenvalue weighted by atomic mass is 10.1. The standard InChI is InChI=1S/C20H14O4.HOP/c21-19(23-15-9-3-1-4-10-15)17-13-7-8-14-18(17)20(22)24-16-11-5-2-6-12-16;1-2/h1-14H;2H. The van der Waals surface area contributed by atoms with E-state index in [-0.39, 0.29) is 11.1 Å². The molecule has 0 spiro atoms. The van der Waals surface area contributed by atoms with Gasteiger partial charge in [-0.2, -0.15) is 0 Å². The predicted octanol–water partition coefficient (Wildman–Crippen LogP) is 4.60. The molecular weight excluding hydrogens is 351 g/mol. The van der Waals surface area contributed by atoms with E-state index in [1.807, 2.05) is 12.1 Å². The molecule has 26 heavy (non-hydrogen) atoms. The lowest BCUT2D eigenvalue weighted by molar-refractivity contribution is 0.0692. The fourth-order valence-corrected chi connectivity index (χ4v) is 2.14. The van der Waals surface area contributed by atoms with Gasteiger partial charge in [0.1, 0.15) is 20.6 Å². The molecule has 0 saturated carbocycles. The van der Waals surface area contributed by atoms with Gasteiger partial charge in [-0.15, -0.1) is 0 Å². The predicted molar refractivity (Wildman–Crippen MR) is 98.2 cm³/mol. The van der Waals surface area contributed by atoms with Crippen LogP contribution in [0.15, 0.2) is 84.9 Å². The summed E-state index contributed by atoms with van der Waals surface area (Å²) in [6, 6.07) is 23.8. The molecule has 0 aliphatic carbocycles. The third-order valence-electron chi connectivity index (χ3n) is 3.27. The van der Waals surface area contributed by atoms with Crippen LogP contribution in [-0.2, 0) is 4.57 Å². The molecule has 0 unspecified atom stereocenters. The highest BCUT2D eigenvalue weighted by molar-refractivity contribution is 7.00. The first-order valence-electron chi connectivity index (χ1n) is 7.58. The first-order chi connectivity index (χ1) is 12.7. The summed E-state index contributed by atoms with van der Waals surface area (Å²) in [6.45, 7) is 0. The number of esters is 2. The van der Waals surface area contributed by atoms with Crippen molar-refractivity contribution in [1.29, 1.82) is 0 Å². The minimum absolute atomic E-state index is 0.155. The lowest BCUT2D eigenvalue weighted by Gasteiger charge is -2.09. The third-order valence-corrected chi connectivity index (χ3v) is 3.27. The van der Waals surface area contributed by atoms with E-state index in [1.165, 1.54) is 12.1 Å². The molecule has 3 aromatic carbocycles. The van der Waals surface area contributed by atoms with Crippen molar-refractivity contribution in [3.63, 3.8) is 0 Å². The van der Waals surface area contributed by atoms with Crippen LogP contribution in [0.1, 0.15) is 20.7 Å². The topological polar surface area (TPSA) is 69.7 Å². The van der Waals surface area contributed by atoms with E-state index in [9.17, 15) is 9.59 Å². The van der Waals surface area contributed by atoms with Crippen LogP contribution in [0.25, 0.3) is 0 Å². The summed E-state index contributed by atoms with van der Waals surface area (Å²) in [4.78, 5) is 24.7. The summed E-state index contributed by atoms with van der Waals surface area (Å²) < 4.78 is 18.6. The SMILES string of the molecule is O=C(Oc1ccccc1)c1ccccc1C(=O)Oc1ccccc1.O=P. The molecule has 0 N–H and O–H groups in total. The zero-order valence-electron chi connectivity index (χ0n) is 13.6. The van der Waals surface area contributed by atoms with Crippen molar-refractivity contribution in [3.8, 4) is 11.5 Å². The second-order valence-electron chi connectivity index (χ2n) is 4.95. The van der Waals surface area contributed by atoms with Gasteiger partial charge in [0.25, 0.3) is 0 Å². The van der Waals surface area contributed by atoms with Crippen LogP contribution in [0.3, 0.4) is 0 Å². The quantitative estimate of drug-likeness (QED) is 0.383. The summed E-state index contributed by atoms with van der Waals surface area (Å²) in [7, 11) is 1.72. The summed E-state index contributed by atoms with van der Waals surface area (Å²) in [6.07, 6.45) is 0. The maximum atomic E-state index is 12.4. The normalized spacial score (nSPS) is 9.38. The van der Waals surface area contributed by atoms with Crippen molar-refractivity contribution in [2.24, 2.45) is 0 Å². The molecule has 0 amide bonds. The minimum atomic E-state index is -0.609. The number of carbonyl (C=O) groups excluding carboxylic acids is 2. The molecule has 5 nitrogen and oxygen atoms in total. The van der Waals surface area contributed by atoms with Gasteiger partial charge in [0.15, 0.2) is 0 Å². The molecule has 0 aliphatic rings. The van der Waals surface area contributed by atoms with Gasteiger partial charge in [-0.1, -0.05) is 48.5 Å². The lowest BCUT2D eigenvalue weighted by Crippen LogP contribution is -2.17. The van der Waals surface area contributed by atoms with E-state index in [4.69, 9.17) is 14.0 Å². The number of para-hydroxylation sites is 2. The van der Waals surface area contributed by atoms with Gasteiger partial charge in [-0.3, -0.25) is 4.57 Å². The van der Waals surface area contributed by atoms with Gasteiger partial charge in [0.05, 0.1) is 11.1 Å². The molecule has 0 aliphatic heterocycles. The number of benzene rings is 3. The zero-order chi connectivity index (χ0) is 18.8. The molecule has 6 heteroatoms. The molecule has 3 rings (SSSR count). The Balaban J connectivity index is 0.00000117. The second-order valence-corrected chi connectivity index (χ2v) is 4.95. The van der Waals surface area contributed by atoms with Crippen molar-refractivity contribution >= 4 is 21.1 Å². The van der Waals surface area contributed by atoms with Crippen molar-refractivity contribution in [2.45, 2.75) is 0 Å². The van der Waals surface area contributed by atoms with E-state index in [1.54, 1.807) is 69.8 Å². The van der Waals surface area contributed by atoms with Crippen molar-refractivity contribution < 1.29 is 23.6 Å². The number of ether oxygens (including phenoxy) is 2. The molecule has 0 heterocycles. The van der Waals surface area contributed by atoms with Crippen molar-refractivity contribution in [3.05, 3.63) is 96.1 Å². The Morgan fingerprint density at radius 3 is 1.19 bits per heavy atom. The highest BCUT2D eigenvalue weighted by Gasteiger charge is 2.20. The van der Waals surface area contributed by atoms with E-state index in [2.05, 4.69) is 0 Å². The largest absolute Gasteiger partial charge is 0.423 e. The number of carbonyl (C=O) groups is 2. The Labute approximate surface area is 152 Å². The Bertz CT molecular complexity index is 793. The minimum Gasteiger partial charge on any atom is -0.423 e. The Hall–Kier alpha value is -3.30. The smallest absolute Gasteiger partial charge is 0.344 e. The molecule has 0 saturated heterocycles. The first-order valence-corrected chi connectivity index (χ1v) is 7.99. The summed E-state index contributed by atoms with van der Waals surface area (Å²) >= 11 is 0. The van der Waals surface area contributed by atoms with Gasteiger partial charge in [-0.25, -0.2) is 9.59 Å². The molecular formula is C20H15O5P. The summed E-state index contributed by atoms with van der Waals surface area (Å²) in [5.41, 5.74) is 0.310. The molecule has 0 radical (unpaired) electrons. The Morgan fingerprint density at radius 1 is 0.538 bits per heavy atom. The van der Waals surface area contributed by atoms with Crippen LogP contribution in [0.4, 0.5) is 0 Å². The molecule has 3 aromatic rings. The number of rotatable bonds is 4. The summed E-state index contributed by atoms with van der Waals surface area (Å²) in [5.74, 6) is -0.397. The maximum Gasteiger partial charge on any atom is 0.344 e. The van der Waals surface area contributed by atoms with Crippen LogP contribution in [0, 0.1) is 0 Å². The number of hydrogen-bond donors (Lipinski definition) is 0. The highest BCUT2D eigenvalue weighted by atomic mass is 31.0. The first kappa shape index (κ1) is 19.0. The average molecular weight is 366 g/mol. The molecule has 0 fully saturated rings. The Kier molecular flexibility index (Phi) is 7.22. The molecule has 0 aromatic heterocycles. The van der Waals surface area contributed by atoms with Gasteiger partial charge in [0.2, 0.25) is 0 Å². The maximum absolute atomic E-state index is 12.4. The van der Waals surface area contributed by atoms with E-state index < -0.39 is 11.9 Å². The molecule has 0 atom stereocenters.